The van der Waals surface area contributed by atoms with Gasteiger partial charge >= 0.3 is 24.5 Å². The highest BCUT2D eigenvalue weighted by Crippen LogP contribution is 2.39. The number of halogens is 9. The first kappa shape index (κ1) is 35.8. The molecule has 0 bridgehead atoms. The Bertz CT molecular complexity index is 1420. The van der Waals surface area contributed by atoms with Gasteiger partial charge in [0.1, 0.15) is 0 Å². The van der Waals surface area contributed by atoms with Crippen molar-refractivity contribution in [1.29, 1.82) is 0 Å². The van der Waals surface area contributed by atoms with E-state index in [2.05, 4.69) is 0 Å². The van der Waals surface area contributed by atoms with E-state index in [-0.39, 0.29) is 43.0 Å². The van der Waals surface area contributed by atoms with E-state index < -0.39 is 47.1 Å². The quantitative estimate of drug-likeness (QED) is 0.211. The van der Waals surface area contributed by atoms with Crippen LogP contribution in [0.25, 0.3) is 11.1 Å². The van der Waals surface area contributed by atoms with Crippen LogP contribution in [0.4, 0.5) is 45.2 Å². The SMILES string of the molecule is CC(C)CCN(Cc1cc(C(F)(F)F)cc(C(F)(F)F)c1)c1cc(-c2ccc(C(F)(F)F)cc2)cc(C(CC(C)C)C(=O)O)c1. The molecule has 45 heavy (non-hydrogen) atoms. The average molecular weight is 648 g/mol. The van der Waals surface area contributed by atoms with Gasteiger partial charge in [0.05, 0.1) is 22.6 Å². The van der Waals surface area contributed by atoms with Crippen LogP contribution in [0.3, 0.4) is 0 Å². The summed E-state index contributed by atoms with van der Waals surface area (Å²) in [5.41, 5.74) is -2.80. The third-order valence-electron chi connectivity index (χ3n) is 7.26. The number of carboxylic acid groups (broad SMARTS) is 1. The van der Waals surface area contributed by atoms with Crippen LogP contribution in [0.2, 0.25) is 0 Å². The highest BCUT2D eigenvalue weighted by atomic mass is 19.4. The number of hydrogen-bond acceptors (Lipinski definition) is 2. The van der Waals surface area contributed by atoms with E-state index in [1.54, 1.807) is 17.0 Å². The molecule has 0 saturated carbocycles. The summed E-state index contributed by atoms with van der Waals surface area (Å²) in [6, 6.07) is 10.2. The molecule has 3 nitrogen and oxygen atoms in total. The number of aliphatic carboxylic acids is 1. The third kappa shape index (κ3) is 9.89. The summed E-state index contributed by atoms with van der Waals surface area (Å²) in [5.74, 6) is -2.16. The summed E-state index contributed by atoms with van der Waals surface area (Å²) < 4.78 is 121. The van der Waals surface area contributed by atoms with Crippen molar-refractivity contribution < 1.29 is 49.4 Å². The maximum Gasteiger partial charge on any atom is 0.416 e. The Morgan fingerprint density at radius 1 is 0.689 bits per heavy atom. The molecule has 0 aliphatic rings. The lowest BCUT2D eigenvalue weighted by Crippen LogP contribution is -2.26. The van der Waals surface area contributed by atoms with Gasteiger partial charge in [-0.2, -0.15) is 39.5 Å². The second kappa shape index (κ2) is 13.7. The van der Waals surface area contributed by atoms with Crippen molar-refractivity contribution in [3.63, 3.8) is 0 Å². The van der Waals surface area contributed by atoms with Crippen molar-refractivity contribution >= 4 is 11.7 Å². The molecule has 0 amide bonds. The summed E-state index contributed by atoms with van der Waals surface area (Å²) in [7, 11) is 0. The number of hydrogen-bond donors (Lipinski definition) is 1. The molecule has 3 aromatic rings. The average Bonchev–Trinajstić information content (AvgIpc) is 2.92. The van der Waals surface area contributed by atoms with E-state index in [4.69, 9.17) is 0 Å². The monoisotopic (exact) mass is 647 g/mol. The van der Waals surface area contributed by atoms with Gasteiger partial charge in [0.15, 0.2) is 0 Å². The molecule has 0 aromatic heterocycles. The Hall–Kier alpha value is -3.70. The van der Waals surface area contributed by atoms with Gasteiger partial charge in [0.25, 0.3) is 0 Å². The van der Waals surface area contributed by atoms with Crippen LogP contribution in [0.5, 0.6) is 0 Å². The Morgan fingerprint density at radius 3 is 1.67 bits per heavy atom. The molecular weight excluding hydrogens is 613 g/mol. The number of carbonyl (C=O) groups is 1. The zero-order chi connectivity index (χ0) is 33.9. The van der Waals surface area contributed by atoms with Gasteiger partial charge in [0.2, 0.25) is 0 Å². The van der Waals surface area contributed by atoms with Gasteiger partial charge in [-0.25, -0.2) is 0 Å². The van der Waals surface area contributed by atoms with E-state index in [1.807, 2.05) is 27.7 Å². The van der Waals surface area contributed by atoms with Gasteiger partial charge in [0, 0.05) is 18.8 Å². The Balaban J connectivity index is 2.24. The second-order valence-corrected chi connectivity index (χ2v) is 11.9. The fourth-order valence-electron chi connectivity index (χ4n) is 4.93. The molecule has 12 heteroatoms. The first-order valence-electron chi connectivity index (χ1n) is 14.2. The lowest BCUT2D eigenvalue weighted by molar-refractivity contribution is -0.143. The highest BCUT2D eigenvalue weighted by molar-refractivity contribution is 5.79. The molecule has 0 fully saturated rings. The van der Waals surface area contributed by atoms with E-state index in [0.717, 1.165) is 12.1 Å². The lowest BCUT2D eigenvalue weighted by Gasteiger charge is -2.29. The van der Waals surface area contributed by atoms with Crippen molar-refractivity contribution in [2.24, 2.45) is 11.8 Å². The lowest BCUT2D eigenvalue weighted by atomic mass is 9.88. The number of alkyl halides is 9. The van der Waals surface area contributed by atoms with E-state index in [0.29, 0.717) is 40.9 Å². The van der Waals surface area contributed by atoms with Crippen LogP contribution in [-0.2, 0) is 29.9 Å². The standard InChI is InChI=1S/C33H34F9NO2/c1-19(2)9-10-43(18-21-12-26(32(37,38)39)17-27(13-21)33(40,41)42)28-15-23(22-5-7-25(8-6-22)31(34,35)36)14-24(16-28)29(30(44)45)11-20(3)4/h5-8,12-17,19-20,29H,9-11,18H2,1-4H3,(H,44,45). The molecule has 3 rings (SSSR count). The van der Waals surface area contributed by atoms with E-state index in [9.17, 15) is 49.4 Å². The van der Waals surface area contributed by atoms with Gasteiger partial charge in [-0.3, -0.25) is 4.79 Å². The molecular formula is C33H34F9NO2. The first-order chi connectivity index (χ1) is 20.6. The summed E-state index contributed by atoms with van der Waals surface area (Å²) in [6.45, 7) is 7.22. The van der Waals surface area contributed by atoms with E-state index in [1.165, 1.54) is 18.2 Å². The minimum Gasteiger partial charge on any atom is -0.481 e. The number of benzene rings is 3. The predicted octanol–water partition coefficient (Wildman–Crippen LogP) is 10.7. The zero-order valence-corrected chi connectivity index (χ0v) is 25.0. The van der Waals surface area contributed by atoms with Gasteiger partial charge in [-0.15, -0.1) is 0 Å². The topological polar surface area (TPSA) is 40.5 Å². The molecule has 1 atom stereocenters. The largest absolute Gasteiger partial charge is 0.481 e. The molecule has 1 unspecified atom stereocenters. The first-order valence-corrected chi connectivity index (χ1v) is 14.2. The normalized spacial score (nSPS) is 13.4. The maximum absolute atomic E-state index is 13.6. The van der Waals surface area contributed by atoms with Crippen molar-refractivity contribution in [2.45, 2.75) is 71.5 Å². The van der Waals surface area contributed by atoms with Crippen LogP contribution in [0.1, 0.15) is 74.3 Å². The third-order valence-corrected chi connectivity index (χ3v) is 7.26. The number of nitrogens with zero attached hydrogens (tertiary/aromatic N) is 1. The second-order valence-electron chi connectivity index (χ2n) is 11.9. The zero-order valence-electron chi connectivity index (χ0n) is 25.0. The predicted molar refractivity (Wildman–Crippen MR) is 154 cm³/mol. The van der Waals surface area contributed by atoms with Crippen molar-refractivity contribution in [1.82, 2.24) is 0 Å². The Labute approximate surface area is 255 Å². The van der Waals surface area contributed by atoms with Crippen LogP contribution in [0, 0.1) is 11.8 Å². The van der Waals surface area contributed by atoms with E-state index >= 15 is 0 Å². The minimum absolute atomic E-state index is 0.0503. The molecule has 0 aliphatic heterocycles. The molecule has 0 radical (unpaired) electrons. The van der Waals surface area contributed by atoms with Crippen LogP contribution in [-0.4, -0.2) is 17.6 Å². The fraction of sp³-hybridized carbons (Fsp3) is 0.424. The van der Waals surface area contributed by atoms with Crippen molar-refractivity contribution in [2.75, 3.05) is 11.4 Å². The van der Waals surface area contributed by atoms with Gasteiger partial charge in [-0.05, 0) is 89.4 Å². The molecule has 0 saturated heterocycles. The van der Waals surface area contributed by atoms with Crippen LogP contribution in [0.15, 0.2) is 60.7 Å². The fourth-order valence-corrected chi connectivity index (χ4v) is 4.93. The molecule has 0 aliphatic carbocycles. The summed E-state index contributed by atoms with van der Waals surface area (Å²) in [5, 5.41) is 10.1. The molecule has 0 heterocycles. The Kier molecular flexibility index (Phi) is 10.9. The molecule has 246 valence electrons. The maximum atomic E-state index is 13.6. The summed E-state index contributed by atoms with van der Waals surface area (Å²) in [4.78, 5) is 13.9. The number of anilines is 1. The number of carboxylic acids is 1. The highest BCUT2D eigenvalue weighted by Gasteiger charge is 2.37. The summed E-state index contributed by atoms with van der Waals surface area (Å²) >= 11 is 0. The van der Waals surface area contributed by atoms with Crippen LogP contribution < -0.4 is 4.90 Å². The summed E-state index contributed by atoms with van der Waals surface area (Å²) in [6.07, 6.45) is -14.0. The Morgan fingerprint density at radius 2 is 1.22 bits per heavy atom. The van der Waals surface area contributed by atoms with Crippen LogP contribution >= 0.6 is 0 Å². The molecule has 0 spiro atoms. The molecule has 3 aromatic carbocycles. The minimum atomic E-state index is -5.04. The van der Waals surface area contributed by atoms with Gasteiger partial charge in [-0.1, -0.05) is 45.9 Å². The molecule has 1 N–H and O–H groups in total. The van der Waals surface area contributed by atoms with Crippen molar-refractivity contribution in [3.8, 4) is 11.1 Å². The smallest absolute Gasteiger partial charge is 0.416 e. The van der Waals surface area contributed by atoms with Crippen molar-refractivity contribution in [3.05, 3.63) is 88.5 Å². The van der Waals surface area contributed by atoms with Gasteiger partial charge < -0.3 is 10.0 Å². The number of rotatable bonds is 11.